The van der Waals surface area contributed by atoms with E-state index in [1.165, 1.54) is 12.8 Å². The standard InChI is InChI=1S/C11H25NO/c1-5-11(8-13)12-10(4)7-6-9(2)3/h9-13H,5-8H2,1-4H3/t10-,11-/m0/s1. The fraction of sp³-hybridized carbons (Fsp3) is 1.00. The summed E-state index contributed by atoms with van der Waals surface area (Å²) in [6.07, 6.45) is 3.46. The summed E-state index contributed by atoms with van der Waals surface area (Å²) in [6.45, 7) is 9.04. The molecule has 0 spiro atoms. The zero-order chi connectivity index (χ0) is 10.3. The van der Waals surface area contributed by atoms with E-state index in [-0.39, 0.29) is 12.6 Å². The number of hydrogen-bond donors (Lipinski definition) is 2. The van der Waals surface area contributed by atoms with Gasteiger partial charge in [-0.05, 0) is 32.1 Å². The summed E-state index contributed by atoms with van der Waals surface area (Å²) < 4.78 is 0. The highest BCUT2D eigenvalue weighted by Gasteiger charge is 2.08. The van der Waals surface area contributed by atoms with E-state index in [0.29, 0.717) is 6.04 Å². The van der Waals surface area contributed by atoms with Gasteiger partial charge in [-0.2, -0.15) is 0 Å². The molecular weight excluding hydrogens is 162 g/mol. The Morgan fingerprint density at radius 2 is 1.77 bits per heavy atom. The summed E-state index contributed by atoms with van der Waals surface area (Å²) in [7, 11) is 0. The van der Waals surface area contributed by atoms with Crippen molar-refractivity contribution in [2.75, 3.05) is 6.61 Å². The van der Waals surface area contributed by atoms with Gasteiger partial charge in [-0.3, -0.25) is 0 Å². The summed E-state index contributed by atoms with van der Waals surface area (Å²) in [5, 5.41) is 12.4. The highest BCUT2D eigenvalue weighted by molar-refractivity contribution is 4.69. The normalized spacial score (nSPS) is 16.2. The van der Waals surface area contributed by atoms with Crippen LogP contribution in [0.4, 0.5) is 0 Å². The van der Waals surface area contributed by atoms with Crippen molar-refractivity contribution < 1.29 is 5.11 Å². The van der Waals surface area contributed by atoms with E-state index in [0.717, 1.165) is 12.3 Å². The second-order valence-corrected chi connectivity index (χ2v) is 4.33. The van der Waals surface area contributed by atoms with Crippen molar-refractivity contribution >= 4 is 0 Å². The first-order valence-electron chi connectivity index (χ1n) is 5.47. The van der Waals surface area contributed by atoms with Crippen molar-refractivity contribution in [3.63, 3.8) is 0 Å². The quantitative estimate of drug-likeness (QED) is 0.640. The molecule has 0 aliphatic rings. The maximum Gasteiger partial charge on any atom is 0.0584 e. The van der Waals surface area contributed by atoms with Crippen LogP contribution in [0.25, 0.3) is 0 Å². The van der Waals surface area contributed by atoms with Crippen LogP contribution in [0.2, 0.25) is 0 Å². The largest absolute Gasteiger partial charge is 0.395 e. The van der Waals surface area contributed by atoms with Crippen LogP contribution in [0.5, 0.6) is 0 Å². The molecule has 0 aromatic heterocycles. The van der Waals surface area contributed by atoms with Gasteiger partial charge < -0.3 is 10.4 Å². The molecule has 0 heterocycles. The Hall–Kier alpha value is -0.0800. The Labute approximate surface area is 82.7 Å². The molecule has 2 N–H and O–H groups in total. The van der Waals surface area contributed by atoms with Gasteiger partial charge in [0.25, 0.3) is 0 Å². The van der Waals surface area contributed by atoms with Gasteiger partial charge in [0.1, 0.15) is 0 Å². The average molecular weight is 187 g/mol. The lowest BCUT2D eigenvalue weighted by Gasteiger charge is -2.21. The molecule has 0 unspecified atom stereocenters. The summed E-state index contributed by atoms with van der Waals surface area (Å²) in [5.74, 6) is 0.776. The Kier molecular flexibility index (Phi) is 7.29. The fourth-order valence-electron chi connectivity index (χ4n) is 1.37. The van der Waals surface area contributed by atoms with Gasteiger partial charge >= 0.3 is 0 Å². The highest BCUT2D eigenvalue weighted by Crippen LogP contribution is 2.07. The lowest BCUT2D eigenvalue weighted by Crippen LogP contribution is -2.38. The molecule has 0 aliphatic heterocycles. The first-order chi connectivity index (χ1) is 6.10. The van der Waals surface area contributed by atoms with Crippen molar-refractivity contribution in [1.82, 2.24) is 5.32 Å². The average Bonchev–Trinajstić information content (AvgIpc) is 2.10. The second kappa shape index (κ2) is 7.34. The maximum atomic E-state index is 8.99. The molecule has 0 amide bonds. The molecule has 0 aliphatic carbocycles. The highest BCUT2D eigenvalue weighted by atomic mass is 16.3. The Morgan fingerprint density at radius 3 is 2.15 bits per heavy atom. The molecule has 2 nitrogen and oxygen atoms in total. The van der Waals surface area contributed by atoms with Crippen LogP contribution in [0.15, 0.2) is 0 Å². The van der Waals surface area contributed by atoms with Gasteiger partial charge in [-0.1, -0.05) is 20.8 Å². The topological polar surface area (TPSA) is 32.3 Å². The smallest absolute Gasteiger partial charge is 0.0584 e. The van der Waals surface area contributed by atoms with E-state index in [4.69, 9.17) is 5.11 Å². The zero-order valence-corrected chi connectivity index (χ0v) is 9.51. The first-order valence-corrected chi connectivity index (χ1v) is 5.47. The molecule has 0 fully saturated rings. The number of aliphatic hydroxyl groups excluding tert-OH is 1. The summed E-state index contributed by atoms with van der Waals surface area (Å²) in [5.41, 5.74) is 0. The maximum absolute atomic E-state index is 8.99. The van der Waals surface area contributed by atoms with E-state index in [9.17, 15) is 0 Å². The van der Waals surface area contributed by atoms with Crippen LogP contribution >= 0.6 is 0 Å². The van der Waals surface area contributed by atoms with Gasteiger partial charge in [-0.15, -0.1) is 0 Å². The van der Waals surface area contributed by atoms with Crippen LogP contribution in [0.1, 0.15) is 47.0 Å². The van der Waals surface area contributed by atoms with Crippen molar-refractivity contribution in [3.05, 3.63) is 0 Å². The van der Waals surface area contributed by atoms with E-state index in [2.05, 4.69) is 33.0 Å². The van der Waals surface area contributed by atoms with Crippen molar-refractivity contribution in [3.8, 4) is 0 Å². The monoisotopic (exact) mass is 187 g/mol. The lowest BCUT2D eigenvalue weighted by atomic mass is 10.0. The fourth-order valence-corrected chi connectivity index (χ4v) is 1.37. The van der Waals surface area contributed by atoms with E-state index in [1.54, 1.807) is 0 Å². The molecule has 0 saturated carbocycles. The minimum Gasteiger partial charge on any atom is -0.395 e. The van der Waals surface area contributed by atoms with Gasteiger partial charge in [0.15, 0.2) is 0 Å². The third kappa shape index (κ3) is 7.03. The number of hydrogen-bond acceptors (Lipinski definition) is 2. The molecule has 0 aromatic carbocycles. The SMILES string of the molecule is CC[C@@H](CO)N[C@@H](C)CCC(C)C. The second-order valence-electron chi connectivity index (χ2n) is 4.33. The van der Waals surface area contributed by atoms with E-state index in [1.807, 2.05) is 0 Å². The van der Waals surface area contributed by atoms with Crippen LogP contribution in [-0.2, 0) is 0 Å². The van der Waals surface area contributed by atoms with E-state index >= 15 is 0 Å². The van der Waals surface area contributed by atoms with Gasteiger partial charge in [0.2, 0.25) is 0 Å². The minimum atomic E-state index is 0.252. The van der Waals surface area contributed by atoms with Gasteiger partial charge in [-0.25, -0.2) is 0 Å². The van der Waals surface area contributed by atoms with Crippen LogP contribution in [-0.4, -0.2) is 23.8 Å². The Bertz CT molecular complexity index is 111. The summed E-state index contributed by atoms with van der Waals surface area (Å²) >= 11 is 0. The molecule has 80 valence electrons. The van der Waals surface area contributed by atoms with E-state index < -0.39 is 0 Å². The molecule has 0 bridgehead atoms. The van der Waals surface area contributed by atoms with Gasteiger partial charge in [0.05, 0.1) is 6.61 Å². The van der Waals surface area contributed by atoms with Crippen molar-refractivity contribution in [2.45, 2.75) is 59.0 Å². The third-order valence-corrected chi connectivity index (χ3v) is 2.41. The summed E-state index contributed by atoms with van der Waals surface area (Å²) in [4.78, 5) is 0. The predicted octanol–water partition coefficient (Wildman–Crippen LogP) is 2.17. The molecule has 13 heavy (non-hydrogen) atoms. The predicted molar refractivity (Wildman–Crippen MR) is 57.8 cm³/mol. The molecule has 2 heteroatoms. The molecule has 0 radical (unpaired) electrons. The summed E-state index contributed by atoms with van der Waals surface area (Å²) in [6, 6.07) is 0.807. The van der Waals surface area contributed by atoms with Gasteiger partial charge in [0, 0.05) is 12.1 Å². The van der Waals surface area contributed by atoms with Crippen LogP contribution < -0.4 is 5.32 Å². The third-order valence-electron chi connectivity index (χ3n) is 2.41. The number of aliphatic hydroxyl groups is 1. The number of nitrogens with one attached hydrogen (secondary N) is 1. The van der Waals surface area contributed by atoms with Crippen LogP contribution in [0, 0.1) is 5.92 Å². The van der Waals surface area contributed by atoms with Crippen molar-refractivity contribution in [1.29, 1.82) is 0 Å². The Morgan fingerprint density at radius 1 is 1.15 bits per heavy atom. The molecule has 0 aromatic rings. The molecular formula is C11H25NO. The minimum absolute atomic E-state index is 0.252. The first kappa shape index (κ1) is 12.9. The Balaban J connectivity index is 3.53. The number of rotatable bonds is 7. The molecule has 2 atom stereocenters. The zero-order valence-electron chi connectivity index (χ0n) is 9.51. The lowest BCUT2D eigenvalue weighted by molar-refractivity contribution is 0.226. The molecule has 0 saturated heterocycles. The molecule has 0 rings (SSSR count). The van der Waals surface area contributed by atoms with Crippen molar-refractivity contribution in [2.24, 2.45) is 5.92 Å². The van der Waals surface area contributed by atoms with Crippen LogP contribution in [0.3, 0.4) is 0 Å².